The molecule has 1 heterocycles. The van der Waals surface area contributed by atoms with Gasteiger partial charge in [-0.25, -0.2) is 4.98 Å². The van der Waals surface area contributed by atoms with Crippen LogP contribution in [-0.2, 0) is 6.42 Å². The van der Waals surface area contributed by atoms with E-state index in [1.165, 1.54) is 17.1 Å². The van der Waals surface area contributed by atoms with Crippen LogP contribution >= 0.6 is 11.3 Å². The summed E-state index contributed by atoms with van der Waals surface area (Å²) < 4.78 is 0. The maximum Gasteiger partial charge on any atom is 0.0897 e. The van der Waals surface area contributed by atoms with E-state index in [0.29, 0.717) is 0 Å². The van der Waals surface area contributed by atoms with Crippen LogP contribution in [0.4, 0.5) is 0 Å². The molecule has 0 amide bonds. The molecule has 0 spiro atoms. The summed E-state index contributed by atoms with van der Waals surface area (Å²) in [4.78, 5) is 4.51. The predicted octanol–water partition coefficient (Wildman–Crippen LogP) is 3.27. The van der Waals surface area contributed by atoms with Crippen molar-refractivity contribution in [2.75, 3.05) is 13.1 Å². The van der Waals surface area contributed by atoms with Crippen molar-refractivity contribution in [3.05, 3.63) is 16.1 Å². The van der Waals surface area contributed by atoms with Crippen LogP contribution in [0.25, 0.3) is 0 Å². The number of thiazole rings is 1. The Morgan fingerprint density at radius 3 is 2.69 bits per heavy atom. The highest BCUT2D eigenvalue weighted by atomic mass is 32.1. The Hall–Kier alpha value is -0.410. The molecule has 0 radical (unpaired) electrons. The van der Waals surface area contributed by atoms with Gasteiger partial charge in [0.1, 0.15) is 0 Å². The molecule has 1 N–H and O–H groups in total. The molecule has 1 unspecified atom stereocenters. The van der Waals surface area contributed by atoms with Crippen LogP contribution in [0.5, 0.6) is 0 Å². The van der Waals surface area contributed by atoms with Gasteiger partial charge < -0.3 is 5.32 Å². The maximum absolute atomic E-state index is 4.51. The van der Waals surface area contributed by atoms with Gasteiger partial charge >= 0.3 is 0 Å². The van der Waals surface area contributed by atoms with Gasteiger partial charge in [-0.2, -0.15) is 0 Å². The van der Waals surface area contributed by atoms with E-state index in [-0.39, 0.29) is 0 Å². The molecule has 1 aromatic heterocycles. The largest absolute Gasteiger partial charge is 0.316 e. The van der Waals surface area contributed by atoms with Gasteiger partial charge in [0.05, 0.1) is 10.7 Å². The lowest BCUT2D eigenvalue weighted by Gasteiger charge is -2.11. The van der Waals surface area contributed by atoms with Gasteiger partial charge in [-0.1, -0.05) is 20.8 Å². The van der Waals surface area contributed by atoms with Gasteiger partial charge in [0.15, 0.2) is 0 Å². The van der Waals surface area contributed by atoms with Crippen molar-refractivity contribution in [2.24, 2.45) is 11.8 Å². The summed E-state index contributed by atoms with van der Waals surface area (Å²) in [5.74, 6) is 1.47. The molecule has 92 valence electrons. The number of aromatic nitrogens is 1. The lowest BCUT2D eigenvalue weighted by Crippen LogP contribution is -2.22. The molecular weight excluding hydrogens is 216 g/mol. The zero-order chi connectivity index (χ0) is 12.0. The highest BCUT2D eigenvalue weighted by molar-refractivity contribution is 7.09. The maximum atomic E-state index is 4.51. The Morgan fingerprint density at radius 1 is 1.38 bits per heavy atom. The summed E-state index contributed by atoms with van der Waals surface area (Å²) in [6.45, 7) is 11.1. The quantitative estimate of drug-likeness (QED) is 0.740. The number of hydrogen-bond donors (Lipinski definition) is 1. The molecule has 0 saturated heterocycles. The van der Waals surface area contributed by atoms with E-state index in [1.54, 1.807) is 11.3 Å². The summed E-state index contributed by atoms with van der Waals surface area (Å²) >= 11 is 1.75. The zero-order valence-electron chi connectivity index (χ0n) is 10.9. The van der Waals surface area contributed by atoms with Gasteiger partial charge in [0.2, 0.25) is 0 Å². The van der Waals surface area contributed by atoms with Gasteiger partial charge in [0, 0.05) is 5.38 Å². The fourth-order valence-electron chi connectivity index (χ4n) is 1.70. The monoisotopic (exact) mass is 240 g/mol. The summed E-state index contributed by atoms with van der Waals surface area (Å²) in [7, 11) is 0. The normalized spacial score (nSPS) is 13.3. The molecule has 0 fully saturated rings. The standard InChI is InChI=1S/C13H24N2S/c1-10(2)8-14-6-5-11(3)7-13-9-16-12(4)15-13/h9-11,14H,5-8H2,1-4H3. The van der Waals surface area contributed by atoms with Crippen LogP contribution in [-0.4, -0.2) is 18.1 Å². The topological polar surface area (TPSA) is 24.9 Å². The van der Waals surface area contributed by atoms with Crippen molar-refractivity contribution in [3.63, 3.8) is 0 Å². The van der Waals surface area contributed by atoms with Crippen molar-refractivity contribution in [2.45, 2.75) is 40.5 Å². The van der Waals surface area contributed by atoms with E-state index in [4.69, 9.17) is 0 Å². The number of aryl methyl sites for hydroxylation is 1. The van der Waals surface area contributed by atoms with E-state index in [9.17, 15) is 0 Å². The molecule has 1 rings (SSSR count). The average molecular weight is 240 g/mol. The third-order valence-corrected chi connectivity index (χ3v) is 3.41. The van der Waals surface area contributed by atoms with E-state index >= 15 is 0 Å². The minimum atomic E-state index is 0.723. The predicted molar refractivity (Wildman–Crippen MR) is 72.0 cm³/mol. The second kappa shape index (κ2) is 7.02. The van der Waals surface area contributed by atoms with Crippen molar-refractivity contribution in [3.8, 4) is 0 Å². The Morgan fingerprint density at radius 2 is 2.12 bits per heavy atom. The van der Waals surface area contributed by atoms with Crippen LogP contribution in [0.2, 0.25) is 0 Å². The molecule has 0 aliphatic rings. The zero-order valence-corrected chi connectivity index (χ0v) is 11.7. The lowest BCUT2D eigenvalue weighted by molar-refractivity contribution is 0.472. The minimum Gasteiger partial charge on any atom is -0.316 e. The van der Waals surface area contributed by atoms with Gasteiger partial charge in [-0.3, -0.25) is 0 Å². The van der Waals surface area contributed by atoms with Crippen molar-refractivity contribution >= 4 is 11.3 Å². The molecule has 3 heteroatoms. The Labute approximate surface area is 103 Å². The summed E-state index contributed by atoms with van der Waals surface area (Å²) in [6.07, 6.45) is 2.36. The molecule has 0 aliphatic carbocycles. The summed E-state index contributed by atoms with van der Waals surface area (Å²) in [5, 5.41) is 6.86. The SMILES string of the molecule is Cc1nc(CC(C)CCNCC(C)C)cs1. The van der Waals surface area contributed by atoms with Crippen LogP contribution in [0, 0.1) is 18.8 Å². The highest BCUT2D eigenvalue weighted by Gasteiger charge is 2.06. The van der Waals surface area contributed by atoms with Crippen molar-refractivity contribution in [1.82, 2.24) is 10.3 Å². The van der Waals surface area contributed by atoms with Crippen molar-refractivity contribution in [1.29, 1.82) is 0 Å². The molecule has 1 aromatic rings. The first-order valence-corrected chi connectivity index (χ1v) is 7.07. The molecule has 0 saturated carbocycles. The minimum absolute atomic E-state index is 0.723. The molecular formula is C13H24N2S. The fraction of sp³-hybridized carbons (Fsp3) is 0.769. The second-order valence-corrected chi connectivity index (χ2v) is 6.12. The highest BCUT2D eigenvalue weighted by Crippen LogP contribution is 2.14. The van der Waals surface area contributed by atoms with Crippen LogP contribution in [0.15, 0.2) is 5.38 Å². The van der Waals surface area contributed by atoms with Gasteiger partial charge in [-0.15, -0.1) is 11.3 Å². The van der Waals surface area contributed by atoms with Gasteiger partial charge in [0.25, 0.3) is 0 Å². The number of nitrogens with one attached hydrogen (secondary N) is 1. The number of nitrogens with zero attached hydrogens (tertiary/aromatic N) is 1. The lowest BCUT2D eigenvalue weighted by atomic mass is 10.0. The molecule has 2 nitrogen and oxygen atoms in total. The van der Waals surface area contributed by atoms with E-state index in [0.717, 1.165) is 31.3 Å². The van der Waals surface area contributed by atoms with Crippen molar-refractivity contribution < 1.29 is 0 Å². The third-order valence-electron chi connectivity index (χ3n) is 2.59. The van der Waals surface area contributed by atoms with Crippen LogP contribution < -0.4 is 5.32 Å². The van der Waals surface area contributed by atoms with Crippen LogP contribution in [0.1, 0.15) is 37.9 Å². The Balaban J connectivity index is 2.13. The average Bonchev–Trinajstić information content (AvgIpc) is 2.58. The van der Waals surface area contributed by atoms with E-state index in [1.807, 2.05) is 0 Å². The Bertz CT molecular complexity index is 294. The summed E-state index contributed by atoms with van der Waals surface area (Å²) in [5.41, 5.74) is 1.26. The first kappa shape index (κ1) is 13.7. The summed E-state index contributed by atoms with van der Waals surface area (Å²) in [6, 6.07) is 0. The molecule has 0 bridgehead atoms. The number of hydrogen-bond acceptors (Lipinski definition) is 3. The van der Waals surface area contributed by atoms with E-state index < -0.39 is 0 Å². The third kappa shape index (κ3) is 5.61. The van der Waals surface area contributed by atoms with Crippen LogP contribution in [0.3, 0.4) is 0 Å². The fourth-order valence-corrected chi connectivity index (χ4v) is 2.33. The first-order valence-electron chi connectivity index (χ1n) is 6.19. The second-order valence-electron chi connectivity index (χ2n) is 5.05. The van der Waals surface area contributed by atoms with E-state index in [2.05, 4.69) is 43.4 Å². The number of rotatable bonds is 7. The molecule has 0 aliphatic heterocycles. The first-order chi connectivity index (χ1) is 7.58. The molecule has 16 heavy (non-hydrogen) atoms. The smallest absolute Gasteiger partial charge is 0.0897 e. The van der Waals surface area contributed by atoms with Gasteiger partial charge in [-0.05, 0) is 44.7 Å². The molecule has 0 aromatic carbocycles. The Kier molecular flexibility index (Phi) is 5.99. The molecule has 1 atom stereocenters.